The number of nitrogens with one attached hydrogen (secondary N) is 2. The largest absolute Gasteiger partial charge is 0.454 e. The first-order valence-electron chi connectivity index (χ1n) is 11.3. The number of rotatable bonds is 5. The molecule has 166 valence electrons. The summed E-state index contributed by atoms with van der Waals surface area (Å²) in [4.78, 5) is 18.1. The van der Waals surface area contributed by atoms with Gasteiger partial charge in [-0.3, -0.25) is 4.79 Å². The number of aromatic amines is 1. The van der Waals surface area contributed by atoms with E-state index in [1.54, 1.807) is 0 Å². The van der Waals surface area contributed by atoms with E-state index in [1.165, 1.54) is 19.3 Å². The molecule has 0 unspecified atom stereocenters. The van der Waals surface area contributed by atoms with Crippen molar-refractivity contribution in [3.05, 3.63) is 34.1 Å². The molecule has 31 heavy (non-hydrogen) atoms. The Morgan fingerprint density at radius 3 is 2.68 bits per heavy atom. The Balaban J connectivity index is 1.39. The summed E-state index contributed by atoms with van der Waals surface area (Å²) >= 11 is 5.80. The van der Waals surface area contributed by atoms with Crippen LogP contribution >= 0.6 is 12.2 Å². The van der Waals surface area contributed by atoms with Crippen LogP contribution in [0, 0.1) is 0 Å². The Hall–Kier alpha value is -2.32. The quantitative estimate of drug-likeness (QED) is 0.686. The molecule has 0 spiro atoms. The number of benzene rings is 1. The van der Waals surface area contributed by atoms with Gasteiger partial charge in [-0.25, -0.2) is 0 Å². The Labute approximate surface area is 187 Å². The number of aromatic nitrogens is 1. The van der Waals surface area contributed by atoms with Crippen molar-refractivity contribution in [3.8, 4) is 11.5 Å². The molecule has 1 atom stereocenters. The molecule has 3 aliphatic rings. The average Bonchev–Trinajstić information content (AvgIpc) is 3.47. The van der Waals surface area contributed by atoms with Gasteiger partial charge in [-0.2, -0.15) is 0 Å². The number of hydrogen-bond donors (Lipinski definition) is 2. The Morgan fingerprint density at radius 2 is 1.90 bits per heavy atom. The van der Waals surface area contributed by atoms with E-state index in [9.17, 15) is 4.79 Å². The number of hydrogen-bond acceptors (Lipinski definition) is 5. The number of H-pyrrole nitrogens is 1. The number of pyridine rings is 1. The molecule has 7 nitrogen and oxygen atoms in total. The van der Waals surface area contributed by atoms with Gasteiger partial charge in [-0.05, 0) is 50.0 Å². The molecule has 1 saturated carbocycles. The maximum atomic E-state index is 12.9. The zero-order chi connectivity index (χ0) is 21.2. The molecule has 2 aliphatic heterocycles. The van der Waals surface area contributed by atoms with Gasteiger partial charge in [0.15, 0.2) is 16.6 Å². The van der Waals surface area contributed by atoms with Crippen LogP contribution in [-0.4, -0.2) is 47.1 Å². The lowest BCUT2D eigenvalue weighted by atomic mass is 9.94. The molecular formula is C23H29N3O4S. The van der Waals surface area contributed by atoms with E-state index in [0.717, 1.165) is 49.7 Å². The van der Waals surface area contributed by atoms with Crippen LogP contribution in [0.1, 0.15) is 50.5 Å². The Bertz CT molecular complexity index is 1010. The van der Waals surface area contributed by atoms with Crippen molar-refractivity contribution >= 4 is 28.2 Å². The molecule has 1 saturated heterocycles. The van der Waals surface area contributed by atoms with Crippen molar-refractivity contribution in [1.29, 1.82) is 0 Å². The zero-order valence-electron chi connectivity index (χ0n) is 17.7. The van der Waals surface area contributed by atoms with Crippen molar-refractivity contribution in [2.24, 2.45) is 0 Å². The van der Waals surface area contributed by atoms with Crippen LogP contribution in [0.4, 0.5) is 0 Å². The highest BCUT2D eigenvalue weighted by Crippen LogP contribution is 2.35. The molecular weight excluding hydrogens is 414 g/mol. The average molecular weight is 444 g/mol. The summed E-state index contributed by atoms with van der Waals surface area (Å²) in [5.41, 5.74) is 1.37. The van der Waals surface area contributed by atoms with Crippen LogP contribution in [0.3, 0.4) is 0 Å². The van der Waals surface area contributed by atoms with E-state index in [-0.39, 0.29) is 18.5 Å². The normalized spacial score (nSPS) is 20.8. The molecule has 1 aromatic heterocycles. The minimum atomic E-state index is -0.0888. The standard InChI is InChI=1S/C23H29N3O4S/c27-22-16(9-15-10-20-21(30-14-29-20)11-19(15)25-22)13-26(17-5-2-1-3-6-17)23(31)24-12-18-7-4-8-28-18/h9-11,17-18H,1-8,12-14H2,(H,24,31)(H,25,27)/t18-/m0/s1. The van der Waals surface area contributed by atoms with Crippen molar-refractivity contribution in [3.63, 3.8) is 0 Å². The van der Waals surface area contributed by atoms with Crippen LogP contribution in [0.15, 0.2) is 23.0 Å². The van der Waals surface area contributed by atoms with Gasteiger partial charge in [0.1, 0.15) is 0 Å². The molecule has 5 rings (SSSR count). The number of fused-ring (bicyclic) bond motifs is 2. The van der Waals surface area contributed by atoms with Crippen molar-refractivity contribution in [2.45, 2.75) is 63.6 Å². The van der Waals surface area contributed by atoms with Gasteiger partial charge in [-0.1, -0.05) is 19.3 Å². The van der Waals surface area contributed by atoms with E-state index < -0.39 is 0 Å². The maximum Gasteiger partial charge on any atom is 0.253 e. The first-order valence-corrected chi connectivity index (χ1v) is 11.7. The smallest absolute Gasteiger partial charge is 0.253 e. The monoisotopic (exact) mass is 443 g/mol. The van der Waals surface area contributed by atoms with Crippen molar-refractivity contribution in [1.82, 2.24) is 15.2 Å². The topological polar surface area (TPSA) is 75.8 Å². The fourth-order valence-corrected chi connectivity index (χ4v) is 5.11. The fourth-order valence-electron chi connectivity index (χ4n) is 4.81. The van der Waals surface area contributed by atoms with Gasteiger partial charge in [0, 0.05) is 36.2 Å². The van der Waals surface area contributed by atoms with E-state index >= 15 is 0 Å². The van der Waals surface area contributed by atoms with Crippen molar-refractivity contribution in [2.75, 3.05) is 19.9 Å². The highest BCUT2D eigenvalue weighted by Gasteiger charge is 2.26. The molecule has 0 radical (unpaired) electrons. The van der Waals surface area contributed by atoms with E-state index in [0.29, 0.717) is 34.8 Å². The second-order valence-corrected chi connectivity index (χ2v) is 9.04. The van der Waals surface area contributed by atoms with Crippen molar-refractivity contribution < 1.29 is 14.2 Å². The van der Waals surface area contributed by atoms with Gasteiger partial charge in [0.05, 0.1) is 18.2 Å². The third-order valence-corrected chi connectivity index (χ3v) is 6.92. The summed E-state index contributed by atoms with van der Waals surface area (Å²) < 4.78 is 16.7. The minimum absolute atomic E-state index is 0.0888. The predicted molar refractivity (Wildman–Crippen MR) is 123 cm³/mol. The maximum absolute atomic E-state index is 12.9. The Morgan fingerprint density at radius 1 is 1.10 bits per heavy atom. The first kappa shape index (κ1) is 20.6. The van der Waals surface area contributed by atoms with Crippen LogP contribution in [0.2, 0.25) is 0 Å². The molecule has 0 bridgehead atoms. The van der Waals surface area contributed by atoms with Gasteiger partial charge in [0.25, 0.3) is 5.56 Å². The minimum Gasteiger partial charge on any atom is -0.454 e. The molecule has 1 aliphatic carbocycles. The summed E-state index contributed by atoms with van der Waals surface area (Å²) in [7, 11) is 0. The molecule has 2 N–H and O–H groups in total. The Kier molecular flexibility index (Phi) is 6.00. The number of ether oxygens (including phenoxy) is 3. The highest BCUT2D eigenvalue weighted by molar-refractivity contribution is 7.80. The molecule has 1 aromatic carbocycles. The summed E-state index contributed by atoms with van der Waals surface area (Å²) in [6, 6.07) is 6.06. The van der Waals surface area contributed by atoms with Crippen LogP contribution in [0.5, 0.6) is 11.5 Å². The number of nitrogens with zero attached hydrogens (tertiary/aromatic N) is 1. The van der Waals surface area contributed by atoms with E-state index in [2.05, 4.69) is 15.2 Å². The lowest BCUT2D eigenvalue weighted by Gasteiger charge is -2.36. The lowest BCUT2D eigenvalue weighted by Crippen LogP contribution is -2.48. The van der Waals surface area contributed by atoms with Gasteiger partial charge >= 0.3 is 0 Å². The van der Waals surface area contributed by atoms with E-state index in [4.69, 9.17) is 26.4 Å². The molecule has 2 fully saturated rings. The van der Waals surface area contributed by atoms with Gasteiger partial charge in [0.2, 0.25) is 6.79 Å². The molecule has 3 heterocycles. The van der Waals surface area contributed by atoms with Crippen LogP contribution in [-0.2, 0) is 11.3 Å². The lowest BCUT2D eigenvalue weighted by molar-refractivity contribution is 0.112. The second kappa shape index (κ2) is 9.04. The highest BCUT2D eigenvalue weighted by atomic mass is 32.1. The number of thiocarbonyl (C=S) groups is 1. The molecule has 0 amide bonds. The SMILES string of the molecule is O=c1[nH]c2cc3c(cc2cc1CN(C(=S)NC[C@@H]1CCCO1)C1CCCCC1)OCO3. The fraction of sp³-hybridized carbons (Fsp3) is 0.565. The summed E-state index contributed by atoms with van der Waals surface area (Å²) in [5.74, 6) is 1.38. The van der Waals surface area contributed by atoms with Crippen LogP contribution < -0.4 is 20.3 Å². The van der Waals surface area contributed by atoms with Gasteiger partial charge in [-0.15, -0.1) is 0 Å². The van der Waals surface area contributed by atoms with E-state index in [1.807, 2.05) is 18.2 Å². The molecule has 8 heteroatoms. The van der Waals surface area contributed by atoms with Crippen LogP contribution in [0.25, 0.3) is 10.9 Å². The third kappa shape index (κ3) is 4.50. The summed E-state index contributed by atoms with van der Waals surface area (Å²) in [6.07, 6.45) is 8.28. The first-order chi connectivity index (χ1) is 15.2. The third-order valence-electron chi connectivity index (χ3n) is 6.54. The second-order valence-electron chi connectivity index (χ2n) is 8.66. The summed E-state index contributed by atoms with van der Waals surface area (Å²) in [5, 5.41) is 5.06. The zero-order valence-corrected chi connectivity index (χ0v) is 18.5. The van der Waals surface area contributed by atoms with Gasteiger partial charge < -0.3 is 29.4 Å². The predicted octanol–water partition coefficient (Wildman–Crippen LogP) is 3.45. The summed E-state index contributed by atoms with van der Waals surface area (Å²) in [6.45, 7) is 2.25. The molecule has 2 aromatic rings.